The lowest BCUT2D eigenvalue weighted by atomic mass is 10.0. The second kappa shape index (κ2) is 11.8. The molecule has 0 aliphatic heterocycles. The summed E-state index contributed by atoms with van der Waals surface area (Å²) in [5, 5.41) is 0. The predicted octanol–water partition coefficient (Wildman–Crippen LogP) is 5.05. The van der Waals surface area contributed by atoms with Crippen LogP contribution in [0, 0.1) is 0 Å². The van der Waals surface area contributed by atoms with Crippen molar-refractivity contribution in [3.05, 3.63) is 59.7 Å². The molecule has 10 nitrogen and oxygen atoms in total. The largest absolute Gasteiger partial charge is 0.388 e. The van der Waals surface area contributed by atoms with Crippen molar-refractivity contribution in [3.8, 4) is 11.1 Å². The summed E-state index contributed by atoms with van der Waals surface area (Å²) in [5.74, 6) is 0. The van der Waals surface area contributed by atoms with Crippen LogP contribution in [0.4, 0.5) is 0 Å². The van der Waals surface area contributed by atoms with Crippen LogP contribution in [0.2, 0.25) is 0 Å². The molecule has 0 aliphatic carbocycles. The standard InChI is InChI=1S/C18H24O10P2/c1-21-25-29(19,26-22-2)13-15-5-9-17(10-6-15)18-11-7-16(8-12-18)14-30(20,27-23-3)28-24-4/h5-12H,13-14H2,1-4H3. The predicted molar refractivity (Wildman–Crippen MR) is 107 cm³/mol. The van der Waals surface area contributed by atoms with E-state index in [2.05, 4.69) is 19.6 Å². The van der Waals surface area contributed by atoms with Crippen LogP contribution in [0.1, 0.15) is 11.1 Å². The second-order valence-electron chi connectivity index (χ2n) is 5.90. The highest BCUT2D eigenvalue weighted by molar-refractivity contribution is 7.53. The first kappa shape index (κ1) is 24.8. The lowest BCUT2D eigenvalue weighted by molar-refractivity contribution is -0.242. The molecular formula is C18H24O10P2. The quantitative estimate of drug-likeness (QED) is 0.228. The molecule has 0 radical (unpaired) electrons. The van der Waals surface area contributed by atoms with E-state index in [1.807, 2.05) is 24.3 Å². The van der Waals surface area contributed by atoms with Crippen LogP contribution in [0.25, 0.3) is 11.1 Å². The number of benzene rings is 2. The minimum atomic E-state index is -3.58. The molecule has 166 valence electrons. The summed E-state index contributed by atoms with van der Waals surface area (Å²) in [4.78, 5) is 17.9. The fraction of sp³-hybridized carbons (Fsp3) is 0.333. The highest BCUT2D eigenvalue weighted by Crippen LogP contribution is 2.52. The minimum Gasteiger partial charge on any atom is -0.255 e. The summed E-state index contributed by atoms with van der Waals surface area (Å²) in [7, 11) is -2.22. The number of hydrogen-bond acceptors (Lipinski definition) is 10. The van der Waals surface area contributed by atoms with Gasteiger partial charge in [0.1, 0.15) is 0 Å². The molecule has 0 heterocycles. The first-order valence-corrected chi connectivity index (χ1v) is 12.1. The minimum absolute atomic E-state index is 0.0256. The van der Waals surface area contributed by atoms with E-state index in [4.69, 9.17) is 18.7 Å². The SMILES string of the molecule is COOP(=O)(Cc1ccc(-c2ccc(CP(=O)(OOC)OOC)cc2)cc1)OOC. The smallest absolute Gasteiger partial charge is 0.255 e. The maximum atomic E-state index is 12.4. The van der Waals surface area contributed by atoms with Crippen LogP contribution < -0.4 is 0 Å². The van der Waals surface area contributed by atoms with Gasteiger partial charge >= 0.3 is 15.2 Å². The fourth-order valence-electron chi connectivity index (χ4n) is 2.64. The molecule has 0 N–H and O–H groups in total. The van der Waals surface area contributed by atoms with Gasteiger partial charge < -0.3 is 0 Å². The summed E-state index contributed by atoms with van der Waals surface area (Å²) in [6, 6.07) is 14.6. The normalized spacial score (nSPS) is 12.3. The Kier molecular flexibility index (Phi) is 9.80. The molecule has 0 fully saturated rings. The van der Waals surface area contributed by atoms with Gasteiger partial charge in [0.15, 0.2) is 0 Å². The first-order chi connectivity index (χ1) is 14.4. The van der Waals surface area contributed by atoms with Gasteiger partial charge in [-0.25, -0.2) is 19.6 Å². The summed E-state index contributed by atoms with van der Waals surface area (Å²) < 4.78 is 43.7. The third kappa shape index (κ3) is 7.37. The van der Waals surface area contributed by atoms with Crippen molar-refractivity contribution in [3.63, 3.8) is 0 Å². The molecule has 0 aromatic heterocycles. The van der Waals surface area contributed by atoms with E-state index in [0.29, 0.717) is 11.1 Å². The van der Waals surface area contributed by atoms with Crippen LogP contribution in [0.15, 0.2) is 48.5 Å². The summed E-state index contributed by atoms with van der Waals surface area (Å²) in [5.41, 5.74) is 3.26. The Morgan fingerprint density at radius 1 is 0.533 bits per heavy atom. The Hall–Kier alpha value is -1.42. The lowest BCUT2D eigenvalue weighted by Gasteiger charge is -2.14. The molecule has 30 heavy (non-hydrogen) atoms. The molecule has 0 bridgehead atoms. The van der Waals surface area contributed by atoms with Gasteiger partial charge in [-0.05, 0) is 22.3 Å². The maximum Gasteiger partial charge on any atom is 0.388 e. The fourth-order valence-corrected chi connectivity index (χ4v) is 5.12. The van der Waals surface area contributed by atoms with Crippen molar-refractivity contribution in [2.45, 2.75) is 12.3 Å². The van der Waals surface area contributed by atoms with E-state index < -0.39 is 15.2 Å². The van der Waals surface area contributed by atoms with Gasteiger partial charge in [0.05, 0.1) is 40.8 Å². The van der Waals surface area contributed by atoms with E-state index >= 15 is 0 Å². The Balaban J connectivity index is 2.10. The molecule has 0 saturated carbocycles. The van der Waals surface area contributed by atoms with Crippen molar-refractivity contribution in [2.75, 3.05) is 28.4 Å². The van der Waals surface area contributed by atoms with E-state index in [-0.39, 0.29) is 12.3 Å². The summed E-state index contributed by atoms with van der Waals surface area (Å²) >= 11 is 0. The molecular weight excluding hydrogens is 438 g/mol. The van der Waals surface area contributed by atoms with Gasteiger partial charge in [0, 0.05) is 0 Å². The molecule has 0 spiro atoms. The van der Waals surface area contributed by atoms with E-state index in [1.54, 1.807) is 24.3 Å². The zero-order chi connectivity index (χ0) is 22.0. The van der Waals surface area contributed by atoms with Crippen LogP contribution >= 0.6 is 15.2 Å². The van der Waals surface area contributed by atoms with Gasteiger partial charge in [-0.2, -0.15) is 0 Å². The Labute approximate surface area is 174 Å². The monoisotopic (exact) mass is 462 g/mol. The van der Waals surface area contributed by atoms with Crippen molar-refractivity contribution in [1.82, 2.24) is 0 Å². The highest BCUT2D eigenvalue weighted by Gasteiger charge is 2.28. The first-order valence-electron chi connectivity index (χ1n) is 8.63. The zero-order valence-corrected chi connectivity index (χ0v) is 18.8. The Morgan fingerprint density at radius 2 is 0.800 bits per heavy atom. The third-order valence-corrected chi connectivity index (χ3v) is 6.76. The molecule has 0 amide bonds. The third-order valence-electron chi connectivity index (χ3n) is 3.75. The molecule has 2 rings (SSSR count). The van der Waals surface area contributed by atoms with Gasteiger partial charge in [-0.1, -0.05) is 48.5 Å². The summed E-state index contributed by atoms with van der Waals surface area (Å²) in [6.07, 6.45) is -0.0512. The van der Waals surface area contributed by atoms with Crippen LogP contribution in [0.5, 0.6) is 0 Å². The van der Waals surface area contributed by atoms with Gasteiger partial charge in [-0.3, -0.25) is 9.13 Å². The molecule has 2 aromatic carbocycles. The molecule has 2 aromatic rings. The van der Waals surface area contributed by atoms with Crippen LogP contribution in [-0.2, 0) is 59.7 Å². The van der Waals surface area contributed by atoms with E-state index in [1.165, 1.54) is 28.4 Å². The average Bonchev–Trinajstić information content (AvgIpc) is 2.70. The topological polar surface area (TPSA) is 108 Å². The van der Waals surface area contributed by atoms with Gasteiger partial charge in [0.2, 0.25) is 0 Å². The lowest BCUT2D eigenvalue weighted by Crippen LogP contribution is -1.98. The molecule has 0 unspecified atom stereocenters. The summed E-state index contributed by atoms with van der Waals surface area (Å²) in [6.45, 7) is 0. The Morgan fingerprint density at radius 3 is 1.03 bits per heavy atom. The highest BCUT2D eigenvalue weighted by atomic mass is 31.2. The zero-order valence-electron chi connectivity index (χ0n) is 17.0. The van der Waals surface area contributed by atoms with Crippen molar-refractivity contribution < 1.29 is 47.4 Å². The van der Waals surface area contributed by atoms with Crippen LogP contribution in [0.3, 0.4) is 0 Å². The molecule has 0 atom stereocenters. The van der Waals surface area contributed by atoms with E-state index in [9.17, 15) is 9.13 Å². The second-order valence-corrected chi connectivity index (χ2v) is 9.57. The van der Waals surface area contributed by atoms with Gasteiger partial charge in [0.25, 0.3) is 0 Å². The van der Waals surface area contributed by atoms with Crippen molar-refractivity contribution in [2.24, 2.45) is 0 Å². The number of rotatable bonds is 13. The number of hydrogen-bond donors (Lipinski definition) is 0. The van der Waals surface area contributed by atoms with E-state index in [0.717, 1.165) is 11.1 Å². The molecule has 0 aliphatic rings. The van der Waals surface area contributed by atoms with Crippen molar-refractivity contribution in [1.29, 1.82) is 0 Å². The molecule has 0 saturated heterocycles. The van der Waals surface area contributed by atoms with Crippen molar-refractivity contribution >= 4 is 15.2 Å². The average molecular weight is 462 g/mol. The van der Waals surface area contributed by atoms with Gasteiger partial charge in [-0.15, -0.1) is 18.7 Å². The molecule has 12 heteroatoms. The van der Waals surface area contributed by atoms with Crippen LogP contribution in [-0.4, -0.2) is 28.4 Å². The maximum absolute atomic E-state index is 12.4. The Bertz CT molecular complexity index is 776.